The zero-order chi connectivity index (χ0) is 93.7. The van der Waals surface area contributed by atoms with Gasteiger partial charge in [0, 0.05) is 68.8 Å². The van der Waals surface area contributed by atoms with Gasteiger partial charge in [-0.3, -0.25) is 0 Å². The minimum Gasteiger partial charge on any atom is -0.492 e. The van der Waals surface area contributed by atoms with E-state index in [4.69, 9.17) is 18.9 Å². The van der Waals surface area contributed by atoms with Gasteiger partial charge in [-0.15, -0.1) is 0 Å². The first-order valence-electron chi connectivity index (χ1n) is 51.0. The Bertz CT molecular complexity index is 5660. The highest BCUT2D eigenvalue weighted by Gasteiger charge is 2.25. The molecule has 0 fully saturated rings. The summed E-state index contributed by atoms with van der Waals surface area (Å²) < 4.78 is 27.1. The largest absolute Gasteiger partial charge is 0.492 e. The van der Waals surface area contributed by atoms with E-state index in [1.807, 2.05) is 0 Å². The molecule has 0 radical (unpaired) electrons. The average Bonchev–Trinajstić information content (AvgIpc) is 0.817. The van der Waals surface area contributed by atoms with Crippen LogP contribution in [-0.4, -0.2) is 26.4 Å². The van der Waals surface area contributed by atoms with E-state index >= 15 is 0 Å². The lowest BCUT2D eigenvalue weighted by Crippen LogP contribution is -2.04. The minimum absolute atomic E-state index is 0.580. The summed E-state index contributed by atoms with van der Waals surface area (Å²) in [6.45, 7) is 11.4. The molecule has 0 aliphatic carbocycles. The van der Waals surface area contributed by atoms with Crippen molar-refractivity contribution in [1.82, 2.24) is 0 Å². The lowest BCUT2D eigenvalue weighted by molar-refractivity contribution is 0.295. The molecule has 13 rings (SSSR count). The number of benzene rings is 13. The summed E-state index contributed by atoms with van der Waals surface area (Å²) in [5, 5.41) is 0. The molecule has 0 N–H and O–H groups in total. The molecule has 136 heavy (non-hydrogen) atoms. The van der Waals surface area contributed by atoms with E-state index < -0.39 is 0 Å². The van der Waals surface area contributed by atoms with Crippen LogP contribution in [0.1, 0.15) is 333 Å². The van der Waals surface area contributed by atoms with Crippen molar-refractivity contribution in [1.29, 1.82) is 0 Å². The standard InChI is InChI=1S/C132H136O4/c1-5-9-13-17-21-25-29-45-97-133-127-103-125(129(135-99-47-31-27-23-19-15-11-7-3)101-123(127)85-77-107-63-57-105(58-64-107)61-71-111-73-81-113(82-74-111)115-89-93-121(94-90-115)131(117-49-37-33-38-50-117)118-51-39-34-40-52-118)87-79-109-67-69-110(70-68-109)80-88-126-104-128(134-98-46-30-26-22-18-14-10-6-2)124(102-130(126)136-100-48-32-28-24-20-16-12-8-4)86-78-108-65-59-106(60-66-108)62-72-112-75-83-114(84-76-112)116-91-95-122(96-92-116)132(119-53-41-35-42-54-119)120-55-43-36-44-56-120/h33-44,49-60,63-70,73-76,81-84,89-96,101-104H,5-32,45-48,97-100H2,1-4H3/q+2. The molecule has 0 atom stereocenters. The van der Waals surface area contributed by atoms with Gasteiger partial charge in [0.05, 0.1) is 93.9 Å². The highest BCUT2D eigenvalue weighted by Crippen LogP contribution is 2.37. The van der Waals surface area contributed by atoms with Crippen LogP contribution in [0.15, 0.2) is 315 Å². The van der Waals surface area contributed by atoms with Gasteiger partial charge in [-0.1, -0.05) is 327 Å². The maximum atomic E-state index is 6.79. The Kier molecular flexibility index (Phi) is 42.3. The number of rotatable bonds is 48. The molecule has 0 bridgehead atoms. The SMILES string of the molecule is CCCCCCCCCCOc1cc(C#Cc2ccc(C#Cc3cc(OCCCCCCCCCC)c(C#Cc4ccc(C#Cc5ccc(-c6ccc([C+](c7ccccc7)c7ccccc7)cc6)cc5)cc4)cc3OCCCCCCCCCC)cc2)c(OCCCCCCCCCC)cc1C#Cc1ccc(C#Cc2ccc(-c3ccc([C+](c4ccccc4)c4ccccc4)cc3)cc2)cc1. The molecule has 0 aromatic heterocycles. The molecule has 686 valence electrons. The van der Waals surface area contributed by atoms with Gasteiger partial charge in [0.15, 0.2) is 0 Å². The van der Waals surface area contributed by atoms with Crippen molar-refractivity contribution in [3.63, 3.8) is 0 Å². The van der Waals surface area contributed by atoms with Crippen LogP contribution in [0.3, 0.4) is 0 Å². The van der Waals surface area contributed by atoms with Gasteiger partial charge in [-0.2, -0.15) is 0 Å². The Hall–Kier alpha value is -13.8. The Balaban J connectivity index is 0.727. The van der Waals surface area contributed by atoms with Gasteiger partial charge in [0.25, 0.3) is 0 Å². The molecule has 0 spiro atoms. The molecule has 0 saturated carbocycles. The fraction of sp³-hybridized carbons (Fsp3) is 0.303. The first-order valence-corrected chi connectivity index (χ1v) is 51.0. The minimum atomic E-state index is 0.580. The Morgan fingerprint density at radius 2 is 0.316 bits per heavy atom. The lowest BCUT2D eigenvalue weighted by atomic mass is 9.84. The van der Waals surface area contributed by atoms with Crippen molar-refractivity contribution in [2.75, 3.05) is 26.4 Å². The smallest absolute Gasteiger partial charge is 0.136 e. The summed E-state index contributed by atoms with van der Waals surface area (Å²) in [6, 6.07) is 110. The van der Waals surface area contributed by atoms with E-state index in [-0.39, 0.29) is 0 Å². The molecule has 0 unspecified atom stereocenters. The van der Waals surface area contributed by atoms with Crippen LogP contribution in [0.2, 0.25) is 0 Å². The lowest BCUT2D eigenvalue weighted by Gasteiger charge is -2.14. The molecule has 0 aliphatic heterocycles. The van der Waals surface area contributed by atoms with E-state index in [1.54, 1.807) is 0 Å². The van der Waals surface area contributed by atoms with Crippen LogP contribution in [-0.2, 0) is 0 Å². The van der Waals surface area contributed by atoms with E-state index in [0.29, 0.717) is 49.4 Å². The van der Waals surface area contributed by atoms with Crippen LogP contribution < -0.4 is 18.9 Å². The third kappa shape index (κ3) is 33.4. The van der Waals surface area contributed by atoms with Gasteiger partial charge >= 0.3 is 0 Å². The fourth-order valence-corrected chi connectivity index (χ4v) is 17.0. The summed E-state index contributed by atoms with van der Waals surface area (Å²) in [7, 11) is 0. The van der Waals surface area contributed by atoms with Gasteiger partial charge in [-0.05, 0) is 291 Å². The summed E-state index contributed by atoms with van der Waals surface area (Å²) in [5.41, 5.74) is 22.0. The number of hydrogen-bond acceptors (Lipinski definition) is 4. The third-order valence-electron chi connectivity index (χ3n) is 24.9. The highest BCUT2D eigenvalue weighted by atomic mass is 16.5. The second-order valence-electron chi connectivity index (χ2n) is 35.7. The van der Waals surface area contributed by atoms with E-state index in [9.17, 15) is 0 Å². The molecule has 13 aromatic carbocycles. The van der Waals surface area contributed by atoms with E-state index in [2.05, 4.69) is 414 Å². The predicted octanol–water partition coefficient (Wildman–Crippen LogP) is 33.5. The van der Waals surface area contributed by atoms with Crippen LogP contribution in [0.5, 0.6) is 23.0 Å². The normalized spacial score (nSPS) is 10.6. The summed E-state index contributed by atoms with van der Waals surface area (Å²) in [6.07, 6.45) is 38.7. The number of hydrogen-bond donors (Lipinski definition) is 0. The third-order valence-corrected chi connectivity index (χ3v) is 24.9. The van der Waals surface area contributed by atoms with Crippen molar-refractivity contribution in [2.45, 2.75) is 233 Å². The highest BCUT2D eigenvalue weighted by molar-refractivity contribution is 5.71. The summed E-state index contributed by atoms with van der Waals surface area (Å²) in [4.78, 5) is 0. The van der Waals surface area contributed by atoms with Gasteiger partial charge in [0.1, 0.15) is 23.0 Å². The fourth-order valence-electron chi connectivity index (χ4n) is 17.0. The first-order chi connectivity index (χ1) is 67.3. The Morgan fingerprint density at radius 3 is 0.507 bits per heavy atom. The van der Waals surface area contributed by atoms with E-state index in [1.165, 1.54) is 199 Å². The second-order valence-corrected chi connectivity index (χ2v) is 35.7. The maximum Gasteiger partial charge on any atom is 0.136 e. The molecule has 0 saturated heterocycles. The molecule has 0 heterocycles. The Labute approximate surface area is 816 Å². The Morgan fingerprint density at radius 1 is 0.162 bits per heavy atom. The quantitative estimate of drug-likeness (QED) is 0.0165. The molecule has 0 aliphatic rings. The molecule has 0 amide bonds. The number of ether oxygens (including phenoxy) is 4. The second kappa shape index (κ2) is 57.7. The van der Waals surface area contributed by atoms with Gasteiger partial charge in [0.2, 0.25) is 0 Å². The van der Waals surface area contributed by atoms with Crippen molar-refractivity contribution in [3.05, 3.63) is 427 Å². The average molecular weight is 1790 g/mol. The van der Waals surface area contributed by atoms with Crippen LogP contribution in [0.25, 0.3) is 22.3 Å². The van der Waals surface area contributed by atoms with Gasteiger partial charge < -0.3 is 18.9 Å². The van der Waals surface area contributed by atoms with Gasteiger partial charge in [-0.25, -0.2) is 0 Å². The monoisotopic (exact) mass is 1790 g/mol. The molecule has 4 heteroatoms. The molecular weight excluding hydrogens is 1650 g/mol. The topological polar surface area (TPSA) is 36.9 Å². The van der Waals surface area contributed by atoms with Crippen molar-refractivity contribution >= 4 is 0 Å². The first kappa shape index (κ1) is 99.6. The van der Waals surface area contributed by atoms with Crippen molar-refractivity contribution in [3.8, 4) is 116 Å². The summed E-state index contributed by atoms with van der Waals surface area (Å²) in [5.74, 6) is 47.2. The maximum absolute atomic E-state index is 6.79. The van der Waals surface area contributed by atoms with E-state index in [0.717, 1.165) is 140 Å². The zero-order valence-corrected chi connectivity index (χ0v) is 81.1. The van der Waals surface area contributed by atoms with Crippen LogP contribution >= 0.6 is 0 Å². The molecule has 4 nitrogen and oxygen atoms in total. The zero-order valence-electron chi connectivity index (χ0n) is 81.1. The van der Waals surface area contributed by atoms with Crippen LogP contribution in [0, 0.1) is 82.9 Å². The van der Waals surface area contributed by atoms with Crippen LogP contribution in [0.4, 0.5) is 0 Å². The number of unbranched alkanes of at least 4 members (excludes halogenated alkanes) is 28. The summed E-state index contributed by atoms with van der Waals surface area (Å²) >= 11 is 0. The molecule has 13 aromatic rings. The van der Waals surface area contributed by atoms with Crippen molar-refractivity contribution < 1.29 is 18.9 Å². The molecular formula is C132H136O4+2. The van der Waals surface area contributed by atoms with Crippen molar-refractivity contribution in [2.24, 2.45) is 0 Å². The predicted molar refractivity (Wildman–Crippen MR) is 571 cm³/mol.